The fourth-order valence-electron chi connectivity index (χ4n) is 12.1. The lowest BCUT2D eigenvalue weighted by molar-refractivity contribution is -0.144. The highest BCUT2D eigenvalue weighted by Crippen LogP contribution is 2.80. The van der Waals surface area contributed by atoms with Crippen molar-refractivity contribution in [2.24, 2.45) is 17.3 Å². The number of hydrogen-bond donors (Lipinski definition) is 0. The van der Waals surface area contributed by atoms with Crippen LogP contribution in [0, 0.1) is 17.3 Å². The van der Waals surface area contributed by atoms with Crippen LogP contribution in [0.15, 0.2) is 170 Å². The van der Waals surface area contributed by atoms with E-state index in [9.17, 15) is 0 Å². The first kappa shape index (κ1) is 32.4. The minimum absolute atomic E-state index is 0.523. The van der Waals surface area contributed by atoms with E-state index in [-0.39, 0.29) is 0 Å². The Labute approximate surface area is 337 Å². The van der Waals surface area contributed by atoms with Crippen LogP contribution in [-0.4, -0.2) is 19.5 Å². The van der Waals surface area contributed by atoms with Crippen LogP contribution >= 0.6 is 0 Å². The Kier molecular flexibility index (Phi) is 6.81. The first-order valence-corrected chi connectivity index (χ1v) is 20.9. The molecule has 0 aliphatic heterocycles. The molecule has 3 fully saturated rings. The first-order chi connectivity index (χ1) is 28.7. The molecule has 0 saturated heterocycles. The maximum absolute atomic E-state index is 5.10. The van der Waals surface area contributed by atoms with Crippen molar-refractivity contribution in [1.82, 2.24) is 19.5 Å². The van der Waals surface area contributed by atoms with Crippen molar-refractivity contribution in [1.29, 1.82) is 0 Å². The van der Waals surface area contributed by atoms with Gasteiger partial charge in [0.1, 0.15) is 0 Å². The number of para-hydroxylation sites is 1. The molecule has 5 atom stereocenters. The molecule has 2 aromatic heterocycles. The summed E-state index contributed by atoms with van der Waals surface area (Å²) in [6.07, 6.45) is 5.54. The number of aromatic nitrogens is 4. The van der Waals surface area contributed by atoms with Gasteiger partial charge in [0.25, 0.3) is 0 Å². The Morgan fingerprint density at radius 1 is 0.448 bits per heavy atom. The Morgan fingerprint density at radius 3 is 1.69 bits per heavy atom. The SMILES string of the molecule is c1ccc(-c2nc(-c3ccccc3)nc(-c3ccc4c5ccc(-c6cccc7c6-c6ccccc6C6CC8CC9CC7C89C6)cc5n(-c5ccccc5)c4c3)n2)cc1. The zero-order chi connectivity index (χ0) is 38.0. The Hall–Kier alpha value is -6.65. The molecular formula is C54H40N4. The van der Waals surface area contributed by atoms with E-state index in [2.05, 4.69) is 138 Å². The van der Waals surface area contributed by atoms with Crippen LogP contribution in [0.3, 0.4) is 0 Å². The highest BCUT2D eigenvalue weighted by molar-refractivity contribution is 6.11. The summed E-state index contributed by atoms with van der Waals surface area (Å²) >= 11 is 0. The van der Waals surface area contributed by atoms with E-state index in [1.54, 1.807) is 11.1 Å². The Bertz CT molecular complexity index is 3040. The zero-order valence-electron chi connectivity index (χ0n) is 32.1. The topological polar surface area (TPSA) is 43.6 Å². The average Bonchev–Trinajstić information content (AvgIpc) is 3.82. The second-order valence-corrected chi connectivity index (χ2v) is 17.2. The van der Waals surface area contributed by atoms with E-state index in [1.165, 1.54) is 64.2 Å². The molecule has 2 bridgehead atoms. The molecular weight excluding hydrogens is 705 g/mol. The number of rotatable bonds is 5. The van der Waals surface area contributed by atoms with Gasteiger partial charge in [0.2, 0.25) is 0 Å². The molecule has 9 aromatic rings. The van der Waals surface area contributed by atoms with E-state index in [0.717, 1.165) is 39.7 Å². The summed E-state index contributed by atoms with van der Waals surface area (Å²) in [6.45, 7) is 0. The van der Waals surface area contributed by atoms with Crippen molar-refractivity contribution in [3.05, 3.63) is 181 Å². The third-order valence-corrected chi connectivity index (χ3v) is 14.6. The minimum Gasteiger partial charge on any atom is -0.309 e. The monoisotopic (exact) mass is 744 g/mol. The first-order valence-electron chi connectivity index (χ1n) is 20.9. The molecule has 0 radical (unpaired) electrons. The summed E-state index contributed by atoms with van der Waals surface area (Å²) in [5, 5.41) is 2.44. The van der Waals surface area contributed by atoms with Crippen LogP contribution in [-0.2, 0) is 0 Å². The predicted molar refractivity (Wildman–Crippen MR) is 235 cm³/mol. The van der Waals surface area contributed by atoms with Crippen molar-refractivity contribution in [2.75, 3.05) is 0 Å². The standard InChI is InChI=1S/C54H40N4/c1-4-13-33(14-5-1)51-55-52(34-15-6-2-7-16-34)57-53(56-51)36-24-26-44-43-25-23-35(28-48(43)58(49(44)29-36)40-17-8-3-9-18-40)42-21-12-22-46-47-31-39-30-38-27-37(32-54(38,39)47)41-19-10-11-20-45(41)50(42)46/h1-26,28-29,37-39,47H,27,30-32H2. The van der Waals surface area contributed by atoms with Crippen molar-refractivity contribution >= 4 is 21.8 Å². The number of fused-ring (bicyclic) bond motifs is 9. The van der Waals surface area contributed by atoms with Gasteiger partial charge >= 0.3 is 0 Å². The molecule has 3 saturated carbocycles. The highest BCUT2D eigenvalue weighted by atomic mass is 15.0. The molecule has 4 heteroatoms. The molecule has 58 heavy (non-hydrogen) atoms. The summed E-state index contributed by atoms with van der Waals surface area (Å²) in [5.41, 5.74) is 15.5. The van der Waals surface area contributed by atoms with E-state index in [1.807, 2.05) is 36.4 Å². The summed E-state index contributed by atoms with van der Waals surface area (Å²) in [5.74, 6) is 5.13. The molecule has 4 aliphatic rings. The number of nitrogens with zero attached hydrogens (tertiary/aromatic N) is 4. The molecule has 1 spiro atoms. The van der Waals surface area contributed by atoms with E-state index in [0.29, 0.717) is 34.7 Å². The summed E-state index contributed by atoms with van der Waals surface area (Å²) in [6, 6.07) is 61.7. The van der Waals surface area contributed by atoms with E-state index >= 15 is 0 Å². The highest BCUT2D eigenvalue weighted by Gasteiger charge is 2.70. The maximum atomic E-state index is 5.10. The van der Waals surface area contributed by atoms with E-state index in [4.69, 9.17) is 15.0 Å². The second-order valence-electron chi connectivity index (χ2n) is 17.2. The maximum Gasteiger partial charge on any atom is 0.164 e. The van der Waals surface area contributed by atoms with Gasteiger partial charge < -0.3 is 4.57 Å². The molecule has 276 valence electrons. The normalized spacial score (nSPS) is 22.3. The Morgan fingerprint density at radius 2 is 1.00 bits per heavy atom. The van der Waals surface area contributed by atoms with Crippen LogP contribution < -0.4 is 0 Å². The van der Waals surface area contributed by atoms with Gasteiger partial charge in [-0.25, -0.2) is 15.0 Å². The Balaban J connectivity index is 1.02. The second kappa shape index (κ2) is 12.2. The third-order valence-electron chi connectivity index (χ3n) is 14.6. The fraction of sp³-hybridized carbons (Fsp3) is 0.167. The van der Waals surface area contributed by atoms with Crippen LogP contribution in [0.25, 0.3) is 83.9 Å². The van der Waals surface area contributed by atoms with E-state index < -0.39 is 0 Å². The van der Waals surface area contributed by atoms with Crippen LogP contribution in [0.5, 0.6) is 0 Å². The largest absolute Gasteiger partial charge is 0.309 e. The molecule has 2 heterocycles. The number of hydrogen-bond acceptors (Lipinski definition) is 3. The zero-order valence-corrected chi connectivity index (χ0v) is 32.1. The molecule has 0 N–H and O–H groups in total. The molecule has 4 aliphatic carbocycles. The smallest absolute Gasteiger partial charge is 0.164 e. The van der Waals surface area contributed by atoms with Gasteiger partial charge in [0.05, 0.1) is 11.0 Å². The van der Waals surface area contributed by atoms with Gasteiger partial charge in [0.15, 0.2) is 17.5 Å². The van der Waals surface area contributed by atoms with Crippen molar-refractivity contribution in [3.8, 4) is 62.1 Å². The quantitative estimate of drug-likeness (QED) is 0.176. The van der Waals surface area contributed by atoms with Gasteiger partial charge in [-0.2, -0.15) is 0 Å². The molecule has 7 aromatic carbocycles. The lowest BCUT2D eigenvalue weighted by Crippen LogP contribution is -2.59. The fourth-order valence-corrected chi connectivity index (χ4v) is 12.1. The van der Waals surface area contributed by atoms with Gasteiger partial charge in [-0.05, 0) is 112 Å². The number of benzene rings is 7. The predicted octanol–water partition coefficient (Wildman–Crippen LogP) is 13.3. The summed E-state index contributed by atoms with van der Waals surface area (Å²) in [7, 11) is 0. The van der Waals surface area contributed by atoms with Crippen LogP contribution in [0.1, 0.15) is 48.6 Å². The van der Waals surface area contributed by atoms with Crippen molar-refractivity contribution in [2.45, 2.75) is 37.5 Å². The minimum atomic E-state index is 0.523. The summed E-state index contributed by atoms with van der Waals surface area (Å²) in [4.78, 5) is 15.2. The van der Waals surface area contributed by atoms with Gasteiger partial charge in [-0.15, -0.1) is 0 Å². The molecule has 13 rings (SSSR count). The molecule has 0 amide bonds. The molecule has 5 unspecified atom stereocenters. The summed E-state index contributed by atoms with van der Waals surface area (Å²) < 4.78 is 2.43. The third kappa shape index (κ3) is 4.54. The molecule has 4 nitrogen and oxygen atoms in total. The van der Waals surface area contributed by atoms with Crippen molar-refractivity contribution in [3.63, 3.8) is 0 Å². The van der Waals surface area contributed by atoms with Crippen LogP contribution in [0.2, 0.25) is 0 Å². The lowest BCUT2D eigenvalue weighted by Gasteiger charge is -2.67. The lowest BCUT2D eigenvalue weighted by atomic mass is 9.37. The van der Waals surface area contributed by atoms with Gasteiger partial charge in [-0.1, -0.05) is 146 Å². The van der Waals surface area contributed by atoms with Gasteiger partial charge in [-0.3, -0.25) is 0 Å². The van der Waals surface area contributed by atoms with Gasteiger partial charge in [0, 0.05) is 33.2 Å². The van der Waals surface area contributed by atoms with Crippen LogP contribution in [0.4, 0.5) is 0 Å². The van der Waals surface area contributed by atoms with Crippen molar-refractivity contribution < 1.29 is 0 Å². The average molecular weight is 745 g/mol.